The summed E-state index contributed by atoms with van der Waals surface area (Å²) in [5.74, 6) is 0.642. The van der Waals surface area contributed by atoms with Crippen LogP contribution in [0.5, 0.6) is 0 Å². The number of ether oxygens (including phenoxy) is 2. The van der Waals surface area contributed by atoms with Crippen LogP contribution in [0.15, 0.2) is 59.6 Å². The molecule has 0 amide bonds. The predicted molar refractivity (Wildman–Crippen MR) is 79.4 cm³/mol. The van der Waals surface area contributed by atoms with Gasteiger partial charge in [0.25, 0.3) is 0 Å². The average Bonchev–Trinajstić information content (AvgIpc) is 2.48. The van der Waals surface area contributed by atoms with Crippen molar-refractivity contribution in [1.82, 2.24) is 0 Å². The van der Waals surface area contributed by atoms with Gasteiger partial charge in [-0.25, -0.2) is 4.99 Å². The Morgan fingerprint density at radius 3 is 2.50 bits per heavy atom. The first-order chi connectivity index (χ1) is 9.73. The van der Waals surface area contributed by atoms with Crippen LogP contribution >= 0.6 is 0 Å². The molecule has 0 spiro atoms. The topological polar surface area (TPSA) is 30.8 Å². The summed E-state index contributed by atoms with van der Waals surface area (Å²) in [5, 5.41) is 0. The molecule has 1 atom stereocenters. The average molecular weight is 267 g/mol. The molecule has 20 heavy (non-hydrogen) atoms. The molecule has 0 bridgehead atoms. The maximum Gasteiger partial charge on any atom is 0.222 e. The predicted octanol–water partition coefficient (Wildman–Crippen LogP) is 3.66. The third-order valence-electron chi connectivity index (χ3n) is 3.46. The van der Waals surface area contributed by atoms with E-state index in [0.29, 0.717) is 12.5 Å². The molecule has 0 radical (unpaired) electrons. The molecular formula is C17H17NO2. The normalized spacial score (nSPS) is 20.8. The van der Waals surface area contributed by atoms with Gasteiger partial charge in [0.2, 0.25) is 5.90 Å². The lowest BCUT2D eigenvalue weighted by Crippen LogP contribution is -2.36. The van der Waals surface area contributed by atoms with Crippen molar-refractivity contribution in [1.29, 1.82) is 0 Å². The Morgan fingerprint density at radius 2 is 1.75 bits per heavy atom. The lowest BCUT2D eigenvalue weighted by atomic mass is 9.93. The van der Waals surface area contributed by atoms with Crippen LogP contribution in [0.4, 0.5) is 5.69 Å². The van der Waals surface area contributed by atoms with E-state index in [1.807, 2.05) is 61.5 Å². The molecule has 3 heteroatoms. The molecular weight excluding hydrogens is 250 g/mol. The van der Waals surface area contributed by atoms with Crippen LogP contribution in [0.2, 0.25) is 0 Å². The standard InChI is InChI=1S/C17H17NO2/c1-17(12-19-2)14-10-6-7-11-15(14)18-16(20-17)13-8-4-3-5-9-13/h3-11H,12H2,1-2H3. The van der Waals surface area contributed by atoms with Gasteiger partial charge in [0.05, 0.1) is 12.3 Å². The van der Waals surface area contributed by atoms with Crippen LogP contribution in [-0.2, 0) is 15.1 Å². The largest absolute Gasteiger partial charge is 0.463 e. The minimum Gasteiger partial charge on any atom is -0.463 e. The zero-order valence-electron chi connectivity index (χ0n) is 11.7. The van der Waals surface area contributed by atoms with Crippen LogP contribution < -0.4 is 0 Å². The second kappa shape index (κ2) is 5.10. The highest BCUT2D eigenvalue weighted by atomic mass is 16.5. The molecule has 1 heterocycles. The molecule has 0 saturated carbocycles. The second-order valence-corrected chi connectivity index (χ2v) is 5.07. The summed E-state index contributed by atoms with van der Waals surface area (Å²) < 4.78 is 11.5. The molecule has 1 aliphatic rings. The first-order valence-electron chi connectivity index (χ1n) is 6.64. The van der Waals surface area contributed by atoms with Crippen molar-refractivity contribution in [2.24, 2.45) is 4.99 Å². The number of para-hydroxylation sites is 1. The summed E-state index contributed by atoms with van der Waals surface area (Å²) in [7, 11) is 1.69. The molecule has 1 unspecified atom stereocenters. The molecule has 0 fully saturated rings. The molecule has 102 valence electrons. The Kier molecular flexibility index (Phi) is 3.28. The monoisotopic (exact) mass is 267 g/mol. The molecule has 0 N–H and O–H groups in total. The number of hydrogen-bond donors (Lipinski definition) is 0. The maximum atomic E-state index is 6.15. The van der Waals surface area contributed by atoms with Crippen molar-refractivity contribution in [3.8, 4) is 0 Å². The number of methoxy groups -OCH3 is 1. The Labute approximate surface area is 118 Å². The Balaban J connectivity index is 2.10. The fourth-order valence-electron chi connectivity index (χ4n) is 2.51. The number of fused-ring (bicyclic) bond motifs is 1. The number of rotatable bonds is 3. The van der Waals surface area contributed by atoms with E-state index in [4.69, 9.17) is 9.47 Å². The van der Waals surface area contributed by atoms with Crippen molar-refractivity contribution in [2.45, 2.75) is 12.5 Å². The van der Waals surface area contributed by atoms with Gasteiger partial charge in [0.1, 0.15) is 0 Å². The van der Waals surface area contributed by atoms with Crippen LogP contribution in [0.3, 0.4) is 0 Å². The van der Waals surface area contributed by atoms with Crippen molar-refractivity contribution in [3.05, 3.63) is 65.7 Å². The fraction of sp³-hybridized carbons (Fsp3) is 0.235. The summed E-state index contributed by atoms with van der Waals surface area (Å²) in [5.41, 5.74) is 2.46. The van der Waals surface area contributed by atoms with Crippen molar-refractivity contribution in [3.63, 3.8) is 0 Å². The Hall–Kier alpha value is -2.13. The van der Waals surface area contributed by atoms with Crippen molar-refractivity contribution in [2.75, 3.05) is 13.7 Å². The first-order valence-corrected chi connectivity index (χ1v) is 6.64. The summed E-state index contributed by atoms with van der Waals surface area (Å²) in [6.07, 6.45) is 0. The second-order valence-electron chi connectivity index (χ2n) is 5.07. The van der Waals surface area contributed by atoms with Crippen LogP contribution in [0.1, 0.15) is 18.1 Å². The summed E-state index contributed by atoms with van der Waals surface area (Å²) >= 11 is 0. The van der Waals surface area contributed by atoms with E-state index in [2.05, 4.69) is 4.99 Å². The highest BCUT2D eigenvalue weighted by Gasteiger charge is 2.36. The highest BCUT2D eigenvalue weighted by molar-refractivity contribution is 5.97. The minimum atomic E-state index is -0.516. The lowest BCUT2D eigenvalue weighted by Gasteiger charge is -2.35. The molecule has 3 rings (SSSR count). The van der Waals surface area contributed by atoms with E-state index in [-0.39, 0.29) is 0 Å². The summed E-state index contributed by atoms with van der Waals surface area (Å²) in [6, 6.07) is 18.0. The summed E-state index contributed by atoms with van der Waals surface area (Å²) in [6.45, 7) is 2.52. The van der Waals surface area contributed by atoms with E-state index in [1.165, 1.54) is 0 Å². The van der Waals surface area contributed by atoms with Gasteiger partial charge in [-0.15, -0.1) is 0 Å². The third-order valence-corrected chi connectivity index (χ3v) is 3.46. The van der Waals surface area contributed by atoms with Gasteiger partial charge in [-0.05, 0) is 25.1 Å². The molecule has 0 aromatic heterocycles. The highest BCUT2D eigenvalue weighted by Crippen LogP contribution is 2.38. The van der Waals surface area contributed by atoms with Gasteiger partial charge in [-0.2, -0.15) is 0 Å². The van der Waals surface area contributed by atoms with E-state index < -0.39 is 5.60 Å². The Bertz CT molecular complexity index is 636. The number of benzene rings is 2. The van der Waals surface area contributed by atoms with E-state index >= 15 is 0 Å². The first kappa shape index (κ1) is 12.9. The zero-order chi connectivity index (χ0) is 14.0. The molecule has 2 aromatic rings. The van der Waals surface area contributed by atoms with Gasteiger partial charge >= 0.3 is 0 Å². The number of aliphatic imine (C=N–C) groups is 1. The maximum absolute atomic E-state index is 6.15. The SMILES string of the molecule is COCC1(C)OC(c2ccccc2)=Nc2ccccc21. The zero-order valence-corrected chi connectivity index (χ0v) is 11.7. The third kappa shape index (κ3) is 2.21. The van der Waals surface area contributed by atoms with Crippen LogP contribution in [0.25, 0.3) is 0 Å². The molecule has 0 saturated heterocycles. The van der Waals surface area contributed by atoms with Crippen molar-refractivity contribution >= 4 is 11.6 Å². The number of hydrogen-bond acceptors (Lipinski definition) is 3. The molecule has 0 aliphatic carbocycles. The molecule has 2 aromatic carbocycles. The van der Waals surface area contributed by atoms with Gasteiger partial charge in [-0.1, -0.05) is 36.4 Å². The van der Waals surface area contributed by atoms with Gasteiger partial charge < -0.3 is 9.47 Å². The Morgan fingerprint density at radius 1 is 1.05 bits per heavy atom. The van der Waals surface area contributed by atoms with Gasteiger partial charge in [-0.3, -0.25) is 0 Å². The van der Waals surface area contributed by atoms with E-state index in [9.17, 15) is 0 Å². The van der Waals surface area contributed by atoms with E-state index in [0.717, 1.165) is 16.8 Å². The fourth-order valence-corrected chi connectivity index (χ4v) is 2.51. The smallest absolute Gasteiger partial charge is 0.222 e. The number of nitrogens with zero attached hydrogens (tertiary/aromatic N) is 1. The van der Waals surface area contributed by atoms with E-state index in [1.54, 1.807) is 7.11 Å². The van der Waals surface area contributed by atoms with Gasteiger partial charge in [0.15, 0.2) is 5.60 Å². The molecule has 1 aliphatic heterocycles. The summed E-state index contributed by atoms with van der Waals surface area (Å²) in [4.78, 5) is 4.63. The van der Waals surface area contributed by atoms with Crippen LogP contribution in [-0.4, -0.2) is 19.6 Å². The van der Waals surface area contributed by atoms with Crippen LogP contribution in [0, 0.1) is 0 Å². The minimum absolute atomic E-state index is 0.482. The lowest BCUT2D eigenvalue weighted by molar-refractivity contribution is -0.0108. The van der Waals surface area contributed by atoms with Crippen molar-refractivity contribution < 1.29 is 9.47 Å². The molecule has 3 nitrogen and oxygen atoms in total. The van der Waals surface area contributed by atoms with Gasteiger partial charge in [0, 0.05) is 18.2 Å². The quantitative estimate of drug-likeness (QED) is 0.849.